The third-order valence-electron chi connectivity index (χ3n) is 5.70. The zero-order valence-corrected chi connectivity index (χ0v) is 19.6. The van der Waals surface area contributed by atoms with Gasteiger partial charge in [0.1, 0.15) is 17.0 Å². The third kappa shape index (κ3) is 4.46. The largest absolute Gasteiger partial charge is 0.357 e. The van der Waals surface area contributed by atoms with Gasteiger partial charge < -0.3 is 4.98 Å². The van der Waals surface area contributed by atoms with E-state index in [1.54, 1.807) is 12.1 Å². The number of pyridine rings is 1. The lowest BCUT2D eigenvalue weighted by atomic mass is 9.97. The minimum Gasteiger partial charge on any atom is -0.357 e. The van der Waals surface area contributed by atoms with Crippen molar-refractivity contribution in [2.45, 2.75) is 20.8 Å². The molecule has 4 nitrogen and oxygen atoms in total. The van der Waals surface area contributed by atoms with Crippen molar-refractivity contribution < 1.29 is 4.39 Å². The van der Waals surface area contributed by atoms with Crippen LogP contribution >= 0.6 is 0 Å². The van der Waals surface area contributed by atoms with Crippen molar-refractivity contribution in [1.29, 1.82) is 0 Å². The highest BCUT2D eigenvalue weighted by molar-refractivity contribution is 5.92. The quantitative estimate of drug-likeness (QED) is 0.286. The summed E-state index contributed by atoms with van der Waals surface area (Å²) in [6, 6.07) is 12.6. The molecule has 0 fully saturated rings. The molecule has 4 rings (SSSR count). The Balaban J connectivity index is 1.82. The number of H-pyrrole nitrogens is 2. The van der Waals surface area contributed by atoms with Crippen LogP contribution in [0.1, 0.15) is 36.4 Å². The molecule has 170 valence electrons. The summed E-state index contributed by atoms with van der Waals surface area (Å²) in [7, 11) is 0. The molecule has 0 aliphatic heterocycles. The number of allylic oxidation sites excluding steroid dienone is 7. The number of aromatic amines is 2. The van der Waals surface area contributed by atoms with E-state index >= 15 is 0 Å². The third-order valence-corrected chi connectivity index (χ3v) is 5.70. The molecule has 4 aromatic rings. The summed E-state index contributed by atoms with van der Waals surface area (Å²) >= 11 is 0. The van der Waals surface area contributed by atoms with Gasteiger partial charge in [-0.2, -0.15) is 5.10 Å². The molecule has 0 atom stereocenters. The Bertz CT molecular complexity index is 1480. The Kier molecular flexibility index (Phi) is 6.55. The SMILES string of the molecule is C=C/C=C(/c1cccc(F)c1)c1cc(-c2n[nH]c3ccc(C(/C=C(/C)C=C)=C/C)nc23)[nH]c1C. The minimum atomic E-state index is -0.281. The van der Waals surface area contributed by atoms with Crippen LogP contribution in [-0.4, -0.2) is 20.2 Å². The first-order valence-electron chi connectivity index (χ1n) is 11.1. The zero-order chi connectivity index (χ0) is 24.2. The number of aromatic nitrogens is 4. The predicted molar refractivity (Wildman–Crippen MR) is 140 cm³/mol. The summed E-state index contributed by atoms with van der Waals surface area (Å²) in [4.78, 5) is 8.35. The van der Waals surface area contributed by atoms with Crippen molar-refractivity contribution in [3.05, 3.63) is 120 Å². The van der Waals surface area contributed by atoms with Crippen LogP contribution in [0.4, 0.5) is 4.39 Å². The lowest BCUT2D eigenvalue weighted by Crippen LogP contribution is -1.89. The Hall–Kier alpha value is -4.25. The molecule has 2 N–H and O–H groups in total. The van der Waals surface area contributed by atoms with Gasteiger partial charge in [0.05, 0.1) is 16.9 Å². The second kappa shape index (κ2) is 9.71. The van der Waals surface area contributed by atoms with Crippen LogP contribution in [0.3, 0.4) is 0 Å². The van der Waals surface area contributed by atoms with Crippen LogP contribution < -0.4 is 0 Å². The average molecular weight is 451 g/mol. The van der Waals surface area contributed by atoms with Gasteiger partial charge in [-0.15, -0.1) is 0 Å². The molecule has 0 unspecified atom stereocenters. The highest BCUT2D eigenvalue weighted by Gasteiger charge is 2.17. The van der Waals surface area contributed by atoms with Gasteiger partial charge in [-0.3, -0.25) is 5.10 Å². The maximum Gasteiger partial charge on any atom is 0.135 e. The number of fused-ring (bicyclic) bond motifs is 1. The van der Waals surface area contributed by atoms with Crippen LogP contribution in [0.2, 0.25) is 0 Å². The summed E-state index contributed by atoms with van der Waals surface area (Å²) in [5, 5.41) is 7.63. The van der Waals surface area contributed by atoms with Crippen molar-refractivity contribution >= 4 is 22.2 Å². The molecule has 0 saturated carbocycles. The van der Waals surface area contributed by atoms with Crippen LogP contribution in [0.25, 0.3) is 33.6 Å². The van der Waals surface area contributed by atoms with E-state index in [-0.39, 0.29) is 5.82 Å². The zero-order valence-electron chi connectivity index (χ0n) is 19.6. The standard InChI is InChI=1S/C29H27FN4/c1-6-10-23(21-11-9-12-22(30)16-21)24-17-27(31-19(24)5)29-28-26(33-34-29)14-13-25(32-28)20(8-3)15-18(4)7-2/h6-17,31H,1-2H2,3-5H3,(H,33,34)/b18-15-,20-8+,23-10-. The molecular formula is C29H27FN4. The van der Waals surface area contributed by atoms with Crippen molar-refractivity contribution in [2.75, 3.05) is 0 Å². The van der Waals surface area contributed by atoms with Crippen LogP contribution in [0, 0.1) is 12.7 Å². The van der Waals surface area contributed by atoms with Crippen molar-refractivity contribution in [1.82, 2.24) is 20.2 Å². The molecule has 5 heteroatoms. The van der Waals surface area contributed by atoms with Gasteiger partial charge in [0.15, 0.2) is 0 Å². The number of halogens is 1. The summed E-state index contributed by atoms with van der Waals surface area (Å²) in [5.41, 5.74) is 9.65. The first-order valence-corrected chi connectivity index (χ1v) is 11.1. The van der Waals surface area contributed by atoms with Crippen LogP contribution in [-0.2, 0) is 0 Å². The predicted octanol–water partition coefficient (Wildman–Crippen LogP) is 7.55. The van der Waals surface area contributed by atoms with Gasteiger partial charge >= 0.3 is 0 Å². The number of hydrogen-bond donors (Lipinski definition) is 2. The molecule has 0 saturated heterocycles. The molecule has 0 amide bonds. The van der Waals surface area contributed by atoms with Crippen LogP contribution in [0.5, 0.6) is 0 Å². The summed E-state index contributed by atoms with van der Waals surface area (Å²) < 4.78 is 13.9. The van der Waals surface area contributed by atoms with Crippen molar-refractivity contribution in [2.24, 2.45) is 0 Å². The second-order valence-corrected chi connectivity index (χ2v) is 8.05. The van der Waals surface area contributed by atoms with E-state index in [9.17, 15) is 4.39 Å². The number of hydrogen-bond acceptors (Lipinski definition) is 2. The van der Waals surface area contributed by atoms with E-state index in [0.29, 0.717) is 0 Å². The lowest BCUT2D eigenvalue weighted by molar-refractivity contribution is 0.627. The van der Waals surface area contributed by atoms with Gasteiger partial charge in [-0.1, -0.05) is 61.2 Å². The number of aryl methyl sites for hydroxylation is 1. The Morgan fingerprint density at radius 2 is 1.94 bits per heavy atom. The fraction of sp³-hybridized carbons (Fsp3) is 0.103. The number of nitrogens with zero attached hydrogens (tertiary/aromatic N) is 2. The van der Waals surface area contributed by atoms with Gasteiger partial charge in [0.25, 0.3) is 0 Å². The van der Waals surface area contributed by atoms with E-state index in [0.717, 1.165) is 61.7 Å². The first kappa shape index (κ1) is 22.9. The van der Waals surface area contributed by atoms with Crippen LogP contribution in [0.15, 0.2) is 91.6 Å². The summed E-state index contributed by atoms with van der Waals surface area (Å²) in [6.07, 6.45) is 9.51. The Morgan fingerprint density at radius 3 is 2.65 bits per heavy atom. The second-order valence-electron chi connectivity index (χ2n) is 8.05. The number of rotatable bonds is 7. The molecule has 0 spiro atoms. The maximum atomic E-state index is 13.9. The molecule has 34 heavy (non-hydrogen) atoms. The molecule has 0 aliphatic rings. The maximum absolute atomic E-state index is 13.9. The molecule has 0 bridgehead atoms. The van der Waals surface area contributed by atoms with E-state index in [1.807, 2.05) is 63.3 Å². The van der Waals surface area contributed by atoms with Gasteiger partial charge in [0.2, 0.25) is 0 Å². The van der Waals surface area contributed by atoms with E-state index in [1.165, 1.54) is 12.1 Å². The molecule has 1 aromatic carbocycles. The van der Waals surface area contributed by atoms with Gasteiger partial charge in [-0.05, 0) is 67.8 Å². The van der Waals surface area contributed by atoms with E-state index in [2.05, 4.69) is 34.4 Å². The number of nitrogens with one attached hydrogen (secondary N) is 2. The minimum absolute atomic E-state index is 0.281. The van der Waals surface area contributed by atoms with Crippen molar-refractivity contribution in [3.8, 4) is 11.4 Å². The van der Waals surface area contributed by atoms with E-state index < -0.39 is 0 Å². The van der Waals surface area contributed by atoms with Crippen molar-refractivity contribution in [3.63, 3.8) is 0 Å². The lowest BCUT2D eigenvalue weighted by Gasteiger charge is -2.07. The fourth-order valence-electron chi connectivity index (χ4n) is 3.94. The summed E-state index contributed by atoms with van der Waals surface area (Å²) in [6.45, 7) is 13.7. The molecule has 0 radical (unpaired) electrons. The Morgan fingerprint density at radius 1 is 1.12 bits per heavy atom. The fourth-order valence-corrected chi connectivity index (χ4v) is 3.94. The number of benzene rings is 1. The first-order chi connectivity index (χ1) is 16.4. The highest BCUT2D eigenvalue weighted by atomic mass is 19.1. The molecule has 3 heterocycles. The molecular weight excluding hydrogens is 423 g/mol. The van der Waals surface area contributed by atoms with E-state index in [4.69, 9.17) is 4.98 Å². The normalized spacial score (nSPS) is 12.9. The molecule has 0 aliphatic carbocycles. The average Bonchev–Trinajstić information content (AvgIpc) is 3.43. The smallest absolute Gasteiger partial charge is 0.135 e. The molecule has 3 aromatic heterocycles. The monoisotopic (exact) mass is 450 g/mol. The highest BCUT2D eigenvalue weighted by Crippen LogP contribution is 2.33. The van der Waals surface area contributed by atoms with Gasteiger partial charge in [-0.25, -0.2) is 9.37 Å². The Labute approximate surface area is 199 Å². The summed E-state index contributed by atoms with van der Waals surface area (Å²) in [5.74, 6) is -0.281. The van der Waals surface area contributed by atoms with Gasteiger partial charge in [0, 0.05) is 11.3 Å². The topological polar surface area (TPSA) is 57.4 Å².